The third-order valence-corrected chi connectivity index (χ3v) is 2.16. The Labute approximate surface area is 79.8 Å². The minimum Gasteiger partial charge on any atom is -0.207 e. The van der Waals surface area contributed by atoms with Crippen LogP contribution < -0.4 is 0 Å². The van der Waals surface area contributed by atoms with Crippen molar-refractivity contribution in [1.29, 1.82) is 0 Å². The molecular formula is C12H16F. The summed E-state index contributed by atoms with van der Waals surface area (Å²) in [6.07, 6.45) is 2.10. The molecule has 0 fully saturated rings. The Kier molecular flexibility index (Phi) is 3.47. The Bertz CT molecular complexity index is 276. The van der Waals surface area contributed by atoms with Crippen LogP contribution in [0.1, 0.15) is 37.3 Å². The first-order valence-corrected chi connectivity index (χ1v) is 4.76. The van der Waals surface area contributed by atoms with E-state index < -0.39 is 0 Å². The van der Waals surface area contributed by atoms with E-state index in [2.05, 4.69) is 13.8 Å². The molecule has 71 valence electrons. The molecule has 1 radical (unpaired) electrons. The van der Waals surface area contributed by atoms with Crippen molar-refractivity contribution in [2.24, 2.45) is 0 Å². The monoisotopic (exact) mass is 179 g/mol. The van der Waals surface area contributed by atoms with E-state index in [-0.39, 0.29) is 11.7 Å². The van der Waals surface area contributed by atoms with Gasteiger partial charge in [0.05, 0.1) is 0 Å². The molecule has 0 N–H and O–H groups in total. The molecule has 0 spiro atoms. The lowest BCUT2D eigenvalue weighted by molar-refractivity contribution is 0.622. The summed E-state index contributed by atoms with van der Waals surface area (Å²) < 4.78 is 12.9. The summed E-state index contributed by atoms with van der Waals surface area (Å²) in [5.74, 6) is 0.00241. The fourth-order valence-electron chi connectivity index (χ4n) is 1.52. The molecule has 0 saturated heterocycles. The van der Waals surface area contributed by atoms with Gasteiger partial charge in [-0.2, -0.15) is 0 Å². The first kappa shape index (κ1) is 10.2. The van der Waals surface area contributed by atoms with Crippen molar-refractivity contribution >= 4 is 0 Å². The first-order chi connectivity index (χ1) is 6.15. The van der Waals surface area contributed by atoms with Gasteiger partial charge in [-0.3, -0.25) is 0 Å². The Morgan fingerprint density at radius 1 is 1.46 bits per heavy atom. The van der Waals surface area contributed by atoms with E-state index in [4.69, 9.17) is 0 Å². The molecule has 1 heteroatoms. The molecule has 0 aliphatic heterocycles. The average molecular weight is 179 g/mol. The number of aryl methyl sites for hydroxylation is 1. The van der Waals surface area contributed by atoms with Gasteiger partial charge >= 0.3 is 0 Å². The van der Waals surface area contributed by atoms with Gasteiger partial charge in [-0.1, -0.05) is 26.3 Å². The molecule has 1 aromatic carbocycles. The van der Waals surface area contributed by atoms with Crippen molar-refractivity contribution < 1.29 is 4.39 Å². The lowest BCUT2D eigenvalue weighted by atomic mass is 9.94. The number of rotatable bonds is 3. The number of hydrogen-bond donors (Lipinski definition) is 0. The summed E-state index contributed by atoms with van der Waals surface area (Å²) in [5, 5.41) is 0. The lowest BCUT2D eigenvalue weighted by Crippen LogP contribution is -1.97. The van der Waals surface area contributed by atoms with Crippen molar-refractivity contribution in [1.82, 2.24) is 0 Å². The van der Waals surface area contributed by atoms with Crippen LogP contribution in [-0.2, 0) is 6.42 Å². The first-order valence-electron chi connectivity index (χ1n) is 4.76. The normalized spacial score (nSPS) is 10.8. The second-order valence-corrected chi connectivity index (χ2v) is 3.49. The van der Waals surface area contributed by atoms with E-state index >= 15 is 0 Å². The van der Waals surface area contributed by atoms with Gasteiger partial charge in [0.15, 0.2) is 0 Å². The maximum absolute atomic E-state index is 12.9. The van der Waals surface area contributed by atoms with Crippen LogP contribution in [0.2, 0.25) is 0 Å². The SMILES string of the molecule is [CH2]C(C)c1cc(F)ccc1CCC. The second-order valence-electron chi connectivity index (χ2n) is 3.49. The van der Waals surface area contributed by atoms with Crippen molar-refractivity contribution in [2.75, 3.05) is 0 Å². The van der Waals surface area contributed by atoms with Gasteiger partial charge < -0.3 is 0 Å². The third kappa shape index (κ3) is 2.55. The van der Waals surface area contributed by atoms with Crippen LogP contribution in [0.5, 0.6) is 0 Å². The van der Waals surface area contributed by atoms with E-state index in [1.807, 2.05) is 13.0 Å². The van der Waals surface area contributed by atoms with Crippen molar-refractivity contribution in [3.63, 3.8) is 0 Å². The Hall–Kier alpha value is -0.850. The molecule has 0 aliphatic rings. The van der Waals surface area contributed by atoms with E-state index in [9.17, 15) is 4.39 Å². The average Bonchev–Trinajstić information content (AvgIpc) is 2.08. The Morgan fingerprint density at radius 2 is 2.15 bits per heavy atom. The summed E-state index contributed by atoms with van der Waals surface area (Å²) in [4.78, 5) is 0. The summed E-state index contributed by atoms with van der Waals surface area (Å²) in [5.41, 5.74) is 2.27. The quantitative estimate of drug-likeness (QED) is 0.663. The largest absolute Gasteiger partial charge is 0.207 e. The van der Waals surface area contributed by atoms with Crippen LogP contribution in [0.4, 0.5) is 4.39 Å². The van der Waals surface area contributed by atoms with E-state index in [0.29, 0.717) is 0 Å². The summed E-state index contributed by atoms with van der Waals surface area (Å²) in [7, 11) is 0. The van der Waals surface area contributed by atoms with Crippen molar-refractivity contribution in [3.8, 4) is 0 Å². The van der Waals surface area contributed by atoms with Crippen LogP contribution >= 0.6 is 0 Å². The molecule has 1 aromatic rings. The van der Waals surface area contributed by atoms with Gasteiger partial charge in [0, 0.05) is 0 Å². The number of hydrogen-bond acceptors (Lipinski definition) is 0. The summed E-state index contributed by atoms with van der Waals surface area (Å²) in [6, 6.07) is 5.00. The molecule has 0 saturated carbocycles. The molecular weight excluding hydrogens is 163 g/mol. The van der Waals surface area contributed by atoms with Crippen LogP contribution in [0.3, 0.4) is 0 Å². The van der Waals surface area contributed by atoms with Crippen LogP contribution in [0.15, 0.2) is 18.2 Å². The smallest absolute Gasteiger partial charge is 0.123 e. The predicted octanol–water partition coefficient (Wildman–Crippen LogP) is 3.72. The fourth-order valence-corrected chi connectivity index (χ4v) is 1.52. The Morgan fingerprint density at radius 3 is 2.69 bits per heavy atom. The van der Waals surface area contributed by atoms with Gasteiger partial charge in [-0.05, 0) is 42.5 Å². The van der Waals surface area contributed by atoms with Crippen LogP contribution in [-0.4, -0.2) is 0 Å². The van der Waals surface area contributed by atoms with E-state index in [0.717, 1.165) is 18.4 Å². The molecule has 1 atom stereocenters. The molecule has 0 heterocycles. The summed E-state index contributed by atoms with van der Waals surface area (Å²) >= 11 is 0. The maximum atomic E-state index is 12.9. The predicted molar refractivity (Wildman–Crippen MR) is 54.2 cm³/mol. The molecule has 0 aromatic heterocycles. The molecule has 0 bridgehead atoms. The maximum Gasteiger partial charge on any atom is 0.123 e. The van der Waals surface area contributed by atoms with Gasteiger partial charge in [0.1, 0.15) is 5.82 Å². The zero-order chi connectivity index (χ0) is 9.84. The van der Waals surface area contributed by atoms with Crippen LogP contribution in [0.25, 0.3) is 0 Å². The molecule has 0 aliphatic carbocycles. The second kappa shape index (κ2) is 4.40. The summed E-state index contributed by atoms with van der Waals surface area (Å²) in [6.45, 7) is 8.05. The highest BCUT2D eigenvalue weighted by molar-refractivity contribution is 5.31. The molecule has 1 rings (SSSR count). The fraction of sp³-hybridized carbons (Fsp3) is 0.417. The molecule has 0 nitrogen and oxygen atoms in total. The van der Waals surface area contributed by atoms with E-state index in [1.165, 1.54) is 11.6 Å². The zero-order valence-electron chi connectivity index (χ0n) is 8.31. The zero-order valence-corrected chi connectivity index (χ0v) is 8.31. The third-order valence-electron chi connectivity index (χ3n) is 2.16. The highest BCUT2D eigenvalue weighted by atomic mass is 19.1. The van der Waals surface area contributed by atoms with Gasteiger partial charge in [-0.15, -0.1) is 0 Å². The minimum absolute atomic E-state index is 0.162. The van der Waals surface area contributed by atoms with Crippen LogP contribution in [0, 0.1) is 12.7 Å². The number of benzene rings is 1. The number of halogens is 1. The molecule has 0 amide bonds. The highest BCUT2D eigenvalue weighted by Crippen LogP contribution is 2.21. The van der Waals surface area contributed by atoms with E-state index in [1.54, 1.807) is 6.07 Å². The minimum atomic E-state index is -0.162. The lowest BCUT2D eigenvalue weighted by Gasteiger charge is -2.11. The van der Waals surface area contributed by atoms with Gasteiger partial charge in [-0.25, -0.2) is 4.39 Å². The molecule has 1 unspecified atom stereocenters. The standard InChI is InChI=1S/C12H16F/c1-4-5-10-6-7-11(13)8-12(10)9(2)3/h6-9H,2,4-5H2,1,3H3. The van der Waals surface area contributed by atoms with Crippen molar-refractivity contribution in [3.05, 3.63) is 42.1 Å². The topological polar surface area (TPSA) is 0 Å². The van der Waals surface area contributed by atoms with Gasteiger partial charge in [0.25, 0.3) is 0 Å². The van der Waals surface area contributed by atoms with Gasteiger partial charge in [0.2, 0.25) is 0 Å². The Balaban J connectivity index is 3.03. The molecule has 13 heavy (non-hydrogen) atoms. The van der Waals surface area contributed by atoms with Crippen molar-refractivity contribution in [2.45, 2.75) is 32.6 Å². The highest BCUT2D eigenvalue weighted by Gasteiger charge is 2.06.